The molecule has 0 aliphatic carbocycles. The maximum atomic E-state index is 11.6. The zero-order chi connectivity index (χ0) is 11.6. The van der Waals surface area contributed by atoms with Crippen molar-refractivity contribution >= 4 is 18.2 Å². The first kappa shape index (κ1) is 11.6. The SMILES string of the molecule is COC(=O)[C@H](C)c1c(C)[nH]c(=S)[nH]c1=O. The summed E-state index contributed by atoms with van der Waals surface area (Å²) in [4.78, 5) is 28.1. The van der Waals surface area contributed by atoms with Crippen molar-refractivity contribution in [2.45, 2.75) is 19.8 Å². The smallest absolute Gasteiger partial charge is 0.313 e. The molecule has 0 spiro atoms. The van der Waals surface area contributed by atoms with E-state index >= 15 is 0 Å². The third kappa shape index (κ3) is 2.33. The van der Waals surface area contributed by atoms with Crippen LogP contribution in [-0.4, -0.2) is 23.0 Å². The molecule has 1 aromatic heterocycles. The number of rotatable bonds is 2. The molecule has 0 aliphatic rings. The molecule has 0 saturated carbocycles. The number of ether oxygens (including phenoxy) is 1. The van der Waals surface area contributed by atoms with Gasteiger partial charge in [0, 0.05) is 5.69 Å². The molecule has 0 saturated heterocycles. The topological polar surface area (TPSA) is 75.0 Å². The fraction of sp³-hybridized carbons (Fsp3) is 0.444. The van der Waals surface area contributed by atoms with Gasteiger partial charge in [-0.3, -0.25) is 14.6 Å². The van der Waals surface area contributed by atoms with Crippen molar-refractivity contribution in [1.29, 1.82) is 0 Å². The van der Waals surface area contributed by atoms with Crippen LogP contribution in [-0.2, 0) is 9.53 Å². The molecule has 15 heavy (non-hydrogen) atoms. The van der Waals surface area contributed by atoms with Crippen LogP contribution in [0.15, 0.2) is 4.79 Å². The second-order valence-electron chi connectivity index (χ2n) is 3.19. The number of hydrogen-bond donors (Lipinski definition) is 2. The first-order valence-corrected chi connectivity index (χ1v) is 4.79. The van der Waals surface area contributed by atoms with Gasteiger partial charge in [-0.1, -0.05) is 0 Å². The summed E-state index contributed by atoms with van der Waals surface area (Å²) >= 11 is 4.80. The predicted octanol–water partition coefficient (Wildman–Crippen LogP) is 1.02. The molecule has 0 amide bonds. The Kier molecular flexibility index (Phi) is 3.41. The summed E-state index contributed by atoms with van der Waals surface area (Å²) < 4.78 is 4.82. The third-order valence-electron chi connectivity index (χ3n) is 2.16. The van der Waals surface area contributed by atoms with Gasteiger partial charge in [0.1, 0.15) is 0 Å². The van der Waals surface area contributed by atoms with E-state index in [1.54, 1.807) is 13.8 Å². The lowest BCUT2D eigenvalue weighted by molar-refractivity contribution is -0.142. The Hall–Kier alpha value is -1.43. The van der Waals surface area contributed by atoms with Crippen LogP contribution in [0.2, 0.25) is 0 Å². The second kappa shape index (κ2) is 4.39. The van der Waals surface area contributed by atoms with Gasteiger partial charge in [-0.15, -0.1) is 0 Å². The highest BCUT2D eigenvalue weighted by atomic mass is 32.1. The van der Waals surface area contributed by atoms with Crippen LogP contribution in [0.4, 0.5) is 0 Å². The quantitative estimate of drug-likeness (QED) is 0.585. The molecule has 1 aromatic rings. The first-order valence-electron chi connectivity index (χ1n) is 4.38. The Labute approximate surface area is 91.5 Å². The average Bonchev–Trinajstić information content (AvgIpc) is 2.14. The van der Waals surface area contributed by atoms with Gasteiger partial charge in [0.2, 0.25) is 0 Å². The lowest BCUT2D eigenvalue weighted by atomic mass is 10.0. The number of H-pyrrole nitrogens is 2. The maximum Gasteiger partial charge on any atom is 0.313 e. The van der Waals surface area contributed by atoms with Crippen LogP contribution in [0, 0.1) is 11.7 Å². The molecule has 5 nitrogen and oxygen atoms in total. The first-order chi connectivity index (χ1) is 6.97. The van der Waals surface area contributed by atoms with Gasteiger partial charge >= 0.3 is 5.97 Å². The molecule has 82 valence electrons. The Morgan fingerprint density at radius 1 is 1.47 bits per heavy atom. The summed E-state index contributed by atoms with van der Waals surface area (Å²) in [5, 5.41) is 0. The normalized spacial score (nSPS) is 12.2. The fourth-order valence-corrected chi connectivity index (χ4v) is 1.67. The van der Waals surface area contributed by atoms with E-state index in [0.29, 0.717) is 11.3 Å². The molecule has 2 N–H and O–H groups in total. The molecular formula is C9H12N2O3S. The highest BCUT2D eigenvalue weighted by Crippen LogP contribution is 2.14. The van der Waals surface area contributed by atoms with Crippen molar-refractivity contribution in [2.24, 2.45) is 0 Å². The van der Waals surface area contributed by atoms with Crippen molar-refractivity contribution < 1.29 is 9.53 Å². The van der Waals surface area contributed by atoms with E-state index in [-0.39, 0.29) is 10.3 Å². The number of esters is 1. The summed E-state index contributed by atoms with van der Waals surface area (Å²) in [5.74, 6) is -1.06. The van der Waals surface area contributed by atoms with Gasteiger partial charge < -0.3 is 9.72 Å². The second-order valence-corrected chi connectivity index (χ2v) is 3.60. The molecule has 0 unspecified atom stereocenters. The van der Waals surface area contributed by atoms with Gasteiger partial charge in [-0.05, 0) is 26.1 Å². The van der Waals surface area contributed by atoms with E-state index in [1.807, 2.05) is 0 Å². The number of methoxy groups -OCH3 is 1. The van der Waals surface area contributed by atoms with Gasteiger partial charge in [0.15, 0.2) is 4.77 Å². The summed E-state index contributed by atoms with van der Waals surface area (Å²) in [6.45, 7) is 3.31. The number of aromatic amines is 2. The van der Waals surface area contributed by atoms with E-state index in [2.05, 4.69) is 14.7 Å². The minimum Gasteiger partial charge on any atom is -0.469 e. The van der Waals surface area contributed by atoms with Crippen molar-refractivity contribution in [1.82, 2.24) is 9.97 Å². The van der Waals surface area contributed by atoms with E-state index in [9.17, 15) is 9.59 Å². The minimum atomic E-state index is -0.606. The number of aryl methyl sites for hydroxylation is 1. The monoisotopic (exact) mass is 228 g/mol. The van der Waals surface area contributed by atoms with E-state index in [4.69, 9.17) is 12.2 Å². The van der Waals surface area contributed by atoms with Crippen LogP contribution < -0.4 is 5.56 Å². The van der Waals surface area contributed by atoms with E-state index in [1.165, 1.54) is 7.11 Å². The van der Waals surface area contributed by atoms with Crippen LogP contribution >= 0.6 is 12.2 Å². The van der Waals surface area contributed by atoms with Crippen LogP contribution in [0.5, 0.6) is 0 Å². The van der Waals surface area contributed by atoms with Crippen molar-refractivity contribution in [3.05, 3.63) is 26.4 Å². The van der Waals surface area contributed by atoms with E-state index < -0.39 is 11.9 Å². The molecule has 0 fully saturated rings. The van der Waals surface area contributed by atoms with Gasteiger partial charge in [0.05, 0.1) is 18.6 Å². The van der Waals surface area contributed by atoms with Crippen LogP contribution in [0.25, 0.3) is 0 Å². The zero-order valence-corrected chi connectivity index (χ0v) is 9.53. The fourth-order valence-electron chi connectivity index (χ4n) is 1.43. The molecule has 1 heterocycles. The van der Waals surface area contributed by atoms with E-state index in [0.717, 1.165) is 0 Å². The average molecular weight is 228 g/mol. The lowest BCUT2D eigenvalue weighted by Crippen LogP contribution is -2.23. The maximum absolute atomic E-state index is 11.6. The van der Waals surface area contributed by atoms with Crippen molar-refractivity contribution in [2.75, 3.05) is 7.11 Å². The Balaban J connectivity index is 3.32. The highest BCUT2D eigenvalue weighted by Gasteiger charge is 2.21. The molecule has 6 heteroatoms. The summed E-state index contributed by atoms with van der Waals surface area (Å²) in [6, 6.07) is 0. The largest absolute Gasteiger partial charge is 0.469 e. The Morgan fingerprint density at radius 3 is 2.53 bits per heavy atom. The third-order valence-corrected chi connectivity index (χ3v) is 2.37. The molecular weight excluding hydrogens is 216 g/mol. The number of carbonyl (C=O) groups is 1. The zero-order valence-electron chi connectivity index (χ0n) is 8.71. The minimum absolute atomic E-state index is 0.248. The molecule has 1 atom stereocenters. The Bertz CT molecular complexity index is 489. The highest BCUT2D eigenvalue weighted by molar-refractivity contribution is 7.71. The molecule has 0 radical (unpaired) electrons. The summed E-state index contributed by atoms with van der Waals surface area (Å²) in [5.41, 5.74) is 0.589. The molecule has 0 bridgehead atoms. The lowest BCUT2D eigenvalue weighted by Gasteiger charge is -2.10. The number of hydrogen-bond acceptors (Lipinski definition) is 4. The number of carbonyl (C=O) groups excluding carboxylic acids is 1. The van der Waals surface area contributed by atoms with Gasteiger partial charge in [-0.25, -0.2) is 0 Å². The Morgan fingerprint density at radius 2 is 2.07 bits per heavy atom. The van der Waals surface area contributed by atoms with Crippen LogP contribution in [0.3, 0.4) is 0 Å². The van der Waals surface area contributed by atoms with Gasteiger partial charge in [-0.2, -0.15) is 0 Å². The van der Waals surface area contributed by atoms with Crippen molar-refractivity contribution in [3.63, 3.8) is 0 Å². The predicted molar refractivity (Wildman–Crippen MR) is 57.4 cm³/mol. The standard InChI is InChI=1S/C9H12N2O3S/c1-4(8(13)14-3)6-5(2)10-9(15)11-7(6)12/h4H,1-3H3,(H2,10,11,12,15)/t4-/m1/s1. The molecule has 0 aromatic carbocycles. The molecule has 0 aliphatic heterocycles. The number of nitrogens with one attached hydrogen (secondary N) is 2. The van der Waals surface area contributed by atoms with Crippen molar-refractivity contribution in [3.8, 4) is 0 Å². The summed E-state index contributed by atoms with van der Waals surface area (Å²) in [6.07, 6.45) is 0. The molecule has 1 rings (SSSR count). The van der Waals surface area contributed by atoms with Crippen LogP contribution in [0.1, 0.15) is 24.1 Å². The van der Waals surface area contributed by atoms with Gasteiger partial charge in [0.25, 0.3) is 5.56 Å². The summed E-state index contributed by atoms with van der Waals surface area (Å²) in [7, 11) is 1.29. The number of aromatic nitrogens is 2.